The van der Waals surface area contributed by atoms with E-state index in [1.54, 1.807) is 0 Å². The van der Waals surface area contributed by atoms with Gasteiger partial charge in [0.1, 0.15) is 0 Å². The van der Waals surface area contributed by atoms with Crippen molar-refractivity contribution in [1.29, 1.82) is 0 Å². The van der Waals surface area contributed by atoms with E-state index < -0.39 is 0 Å². The summed E-state index contributed by atoms with van der Waals surface area (Å²) in [4.78, 5) is 0. The Hall–Kier alpha value is 1.40. The molecule has 15 heavy (non-hydrogen) atoms. The first kappa shape index (κ1) is 16.4. The molecule has 2 unspecified atom stereocenters. The van der Waals surface area contributed by atoms with Crippen molar-refractivity contribution >= 4 is 48.8 Å². The maximum atomic E-state index is 4.36. The van der Waals surface area contributed by atoms with Gasteiger partial charge in [-0.1, -0.05) is 20.3 Å². The molecule has 0 amide bonds. The molecule has 0 fully saturated rings. The molecule has 0 saturated carbocycles. The maximum Gasteiger partial charge on any atom is 0.00791 e. The van der Waals surface area contributed by atoms with Gasteiger partial charge in [0.2, 0.25) is 0 Å². The quantitative estimate of drug-likeness (QED) is 0.454. The van der Waals surface area contributed by atoms with Crippen LogP contribution >= 0.6 is 48.8 Å². The Morgan fingerprint density at radius 1 is 0.800 bits per heavy atom. The van der Waals surface area contributed by atoms with Gasteiger partial charge in [-0.05, 0) is 24.3 Å². The molecule has 0 aliphatic rings. The van der Waals surface area contributed by atoms with Gasteiger partial charge in [-0.15, -0.1) is 0 Å². The van der Waals surface area contributed by atoms with Crippen LogP contribution in [-0.2, 0) is 0 Å². The summed E-state index contributed by atoms with van der Waals surface area (Å²) in [5.74, 6) is 4.99. The van der Waals surface area contributed by atoms with E-state index in [-0.39, 0.29) is 0 Å². The van der Waals surface area contributed by atoms with Crippen molar-refractivity contribution in [2.45, 2.75) is 43.6 Å². The molecular weight excluding hydrogens is 260 g/mol. The lowest BCUT2D eigenvalue weighted by Crippen LogP contribution is -1.97. The summed E-state index contributed by atoms with van der Waals surface area (Å²) in [6, 6.07) is 0. The lowest BCUT2D eigenvalue weighted by atomic mass is 10.3. The van der Waals surface area contributed by atoms with Gasteiger partial charge in [0.15, 0.2) is 0 Å². The van der Waals surface area contributed by atoms with Crippen LogP contribution in [0.5, 0.6) is 0 Å². The van der Waals surface area contributed by atoms with E-state index in [1.807, 2.05) is 23.5 Å². The van der Waals surface area contributed by atoms with Gasteiger partial charge in [0.25, 0.3) is 0 Å². The number of thioether (sulfide) groups is 2. The molecule has 0 aromatic rings. The van der Waals surface area contributed by atoms with Crippen LogP contribution in [-0.4, -0.2) is 33.5 Å². The number of hydrogen-bond donors (Lipinski definition) is 2. The third-order valence-electron chi connectivity index (χ3n) is 1.80. The first-order chi connectivity index (χ1) is 7.13. The van der Waals surface area contributed by atoms with Crippen molar-refractivity contribution in [3.05, 3.63) is 0 Å². The zero-order valence-electron chi connectivity index (χ0n) is 9.82. The Kier molecular flexibility index (Phi) is 13.0. The van der Waals surface area contributed by atoms with Crippen LogP contribution in [0.15, 0.2) is 0 Å². The summed E-state index contributed by atoms with van der Waals surface area (Å²) in [7, 11) is 0. The summed E-state index contributed by atoms with van der Waals surface area (Å²) in [6.45, 7) is 4.32. The van der Waals surface area contributed by atoms with Gasteiger partial charge in [-0.25, -0.2) is 0 Å². The van der Waals surface area contributed by atoms with Crippen molar-refractivity contribution in [1.82, 2.24) is 0 Å². The van der Waals surface area contributed by atoms with Gasteiger partial charge in [-0.3, -0.25) is 0 Å². The van der Waals surface area contributed by atoms with Crippen LogP contribution in [0, 0.1) is 0 Å². The fourth-order valence-electron chi connectivity index (χ4n) is 1.09. The minimum absolute atomic E-state index is 0.544. The molecule has 0 heterocycles. The Labute approximate surface area is 115 Å². The average molecular weight is 285 g/mol. The van der Waals surface area contributed by atoms with Crippen LogP contribution in [0.3, 0.4) is 0 Å². The number of rotatable bonds is 10. The zero-order chi connectivity index (χ0) is 11.5. The molecule has 0 aliphatic heterocycles. The monoisotopic (exact) mass is 284 g/mol. The first-order valence-corrected chi connectivity index (χ1v) is 8.98. The maximum absolute atomic E-state index is 4.36. The topological polar surface area (TPSA) is 0 Å². The molecule has 0 radical (unpaired) electrons. The van der Waals surface area contributed by atoms with Gasteiger partial charge < -0.3 is 0 Å². The minimum Gasteiger partial charge on any atom is -0.175 e. The predicted molar refractivity (Wildman–Crippen MR) is 85.4 cm³/mol. The summed E-state index contributed by atoms with van der Waals surface area (Å²) >= 11 is 12.8. The van der Waals surface area contributed by atoms with Crippen molar-refractivity contribution in [2.24, 2.45) is 0 Å². The largest absolute Gasteiger partial charge is 0.175 e. The van der Waals surface area contributed by atoms with E-state index in [4.69, 9.17) is 0 Å². The lowest BCUT2D eigenvalue weighted by molar-refractivity contribution is 0.785. The van der Waals surface area contributed by atoms with Crippen molar-refractivity contribution in [3.8, 4) is 0 Å². The standard InChI is InChI=1S/C11H24S4/c1-10(12)8-14-6-4-3-5-7-15-9-11(2)13/h10-13H,3-9H2,1-2H3. The molecule has 0 spiro atoms. The lowest BCUT2D eigenvalue weighted by Gasteiger charge is -2.05. The zero-order valence-corrected chi connectivity index (χ0v) is 13.2. The number of unbranched alkanes of at least 4 members (excludes halogenated alkanes) is 2. The molecule has 2 atom stereocenters. The second-order valence-electron chi connectivity index (χ2n) is 3.91. The second kappa shape index (κ2) is 11.9. The van der Waals surface area contributed by atoms with E-state index in [9.17, 15) is 0 Å². The van der Waals surface area contributed by atoms with Crippen molar-refractivity contribution < 1.29 is 0 Å². The highest BCUT2D eigenvalue weighted by Crippen LogP contribution is 2.13. The summed E-state index contributed by atoms with van der Waals surface area (Å²) in [6.07, 6.45) is 4.10. The first-order valence-electron chi connectivity index (χ1n) is 5.64. The van der Waals surface area contributed by atoms with Crippen LogP contribution in [0.4, 0.5) is 0 Å². The van der Waals surface area contributed by atoms with E-state index in [2.05, 4.69) is 39.1 Å². The van der Waals surface area contributed by atoms with Gasteiger partial charge in [0.05, 0.1) is 0 Å². The van der Waals surface area contributed by atoms with Gasteiger partial charge in [0, 0.05) is 22.0 Å². The third kappa shape index (κ3) is 15.4. The average Bonchev–Trinajstić information content (AvgIpc) is 2.14. The van der Waals surface area contributed by atoms with E-state index in [0.717, 1.165) is 0 Å². The Balaban J connectivity index is 2.93. The molecule has 0 rings (SSSR count). The summed E-state index contributed by atoms with van der Waals surface area (Å²) < 4.78 is 0. The molecule has 0 aromatic heterocycles. The van der Waals surface area contributed by atoms with Crippen LogP contribution in [0.2, 0.25) is 0 Å². The summed E-state index contributed by atoms with van der Waals surface area (Å²) in [5, 5.41) is 1.09. The predicted octanol–water partition coefficient (Wildman–Crippen LogP) is 4.26. The highest BCUT2D eigenvalue weighted by Gasteiger charge is 1.97. The van der Waals surface area contributed by atoms with Crippen LogP contribution < -0.4 is 0 Å². The molecule has 92 valence electrons. The minimum atomic E-state index is 0.544. The fourth-order valence-corrected chi connectivity index (χ4v) is 3.56. The van der Waals surface area contributed by atoms with Crippen molar-refractivity contribution in [2.75, 3.05) is 23.0 Å². The molecular formula is C11H24S4. The normalized spacial score (nSPS) is 15.2. The Morgan fingerprint density at radius 2 is 1.20 bits per heavy atom. The molecule has 0 nitrogen and oxygen atoms in total. The molecule has 0 N–H and O–H groups in total. The summed E-state index contributed by atoms with van der Waals surface area (Å²) in [5.41, 5.74) is 0. The highest BCUT2D eigenvalue weighted by molar-refractivity contribution is 8.00. The molecule has 0 aromatic carbocycles. The Morgan fingerprint density at radius 3 is 1.53 bits per heavy atom. The molecule has 4 heteroatoms. The van der Waals surface area contributed by atoms with E-state index >= 15 is 0 Å². The van der Waals surface area contributed by atoms with Crippen LogP contribution in [0.25, 0.3) is 0 Å². The van der Waals surface area contributed by atoms with Crippen molar-refractivity contribution in [3.63, 3.8) is 0 Å². The number of hydrogen-bond acceptors (Lipinski definition) is 4. The number of thiol groups is 2. The van der Waals surface area contributed by atoms with E-state index in [0.29, 0.717) is 10.5 Å². The Bertz CT molecular complexity index is 112. The smallest absolute Gasteiger partial charge is 0.00791 e. The van der Waals surface area contributed by atoms with Gasteiger partial charge in [-0.2, -0.15) is 48.8 Å². The second-order valence-corrected chi connectivity index (χ2v) is 7.97. The molecule has 0 saturated heterocycles. The fraction of sp³-hybridized carbons (Fsp3) is 1.00. The molecule has 0 bridgehead atoms. The third-order valence-corrected chi connectivity index (χ3v) is 5.28. The van der Waals surface area contributed by atoms with Crippen LogP contribution in [0.1, 0.15) is 33.1 Å². The highest BCUT2D eigenvalue weighted by atomic mass is 32.2. The SMILES string of the molecule is CC(S)CSCCCCCSCC(C)S. The van der Waals surface area contributed by atoms with Gasteiger partial charge >= 0.3 is 0 Å². The van der Waals surface area contributed by atoms with E-state index in [1.165, 1.54) is 42.3 Å². The molecule has 0 aliphatic carbocycles.